The molecule has 0 unspecified atom stereocenters. The second-order valence-corrected chi connectivity index (χ2v) is 26.8. The van der Waals surface area contributed by atoms with E-state index in [1.54, 1.807) is 0 Å². The van der Waals surface area contributed by atoms with Crippen LogP contribution in [0.3, 0.4) is 0 Å². The topological polar surface area (TPSA) is 48.4 Å². The third-order valence-electron chi connectivity index (χ3n) is 20.6. The Kier molecular flexibility index (Phi) is 11.3. The maximum Gasteiger partial charge on any atom is 0.137 e. The minimum atomic E-state index is -0.314. The molecule has 3 heterocycles. The Bertz CT molecular complexity index is 5100. The van der Waals surface area contributed by atoms with E-state index in [1.807, 2.05) is 36.8 Å². The second kappa shape index (κ2) is 19.0. The lowest BCUT2D eigenvalue weighted by Crippen LogP contribution is -2.19. The first-order valence-electron chi connectivity index (χ1n) is 31.2. The van der Waals surface area contributed by atoms with Crippen LogP contribution in [0.2, 0.25) is 0 Å². The summed E-state index contributed by atoms with van der Waals surface area (Å²) in [6.45, 7) is 19.0. The third-order valence-corrected chi connectivity index (χ3v) is 20.6. The van der Waals surface area contributed by atoms with Crippen LogP contribution in [0.1, 0.15) is 99.9 Å². The fraction of sp³-hybridized carbons (Fsp3) is 0.145. The molecule has 0 aliphatic heterocycles. The summed E-state index contributed by atoms with van der Waals surface area (Å²) in [6, 6.07) is 88.0. The van der Waals surface area contributed by atoms with Crippen LogP contribution in [0.15, 0.2) is 255 Å². The van der Waals surface area contributed by atoms with E-state index in [-0.39, 0.29) is 21.7 Å². The molecule has 0 saturated carbocycles. The molecule has 4 aliphatic rings. The van der Waals surface area contributed by atoms with Crippen LogP contribution in [0, 0.1) is 0 Å². The third kappa shape index (κ3) is 7.59. The fourth-order valence-electron chi connectivity index (χ4n) is 16.1. The van der Waals surface area contributed by atoms with Crippen LogP contribution in [0.4, 0.5) is 51.6 Å². The van der Waals surface area contributed by atoms with Gasteiger partial charge in [0.25, 0.3) is 0 Å². The van der Waals surface area contributed by atoms with Gasteiger partial charge >= 0.3 is 0 Å². The number of hydrogen-bond acceptors (Lipinski definition) is 6. The molecule has 0 spiro atoms. The molecule has 6 heteroatoms. The molecule has 10 aromatic carbocycles. The molecular formula is C83H66N6. The zero-order valence-electron chi connectivity index (χ0n) is 51.4. The van der Waals surface area contributed by atoms with Gasteiger partial charge in [0.05, 0.1) is 11.4 Å². The fourth-order valence-corrected chi connectivity index (χ4v) is 16.1. The van der Waals surface area contributed by atoms with Gasteiger partial charge in [-0.15, -0.1) is 0 Å². The Labute approximate surface area is 521 Å². The van der Waals surface area contributed by atoms with E-state index in [2.05, 4.69) is 288 Å². The van der Waals surface area contributed by atoms with Crippen molar-refractivity contribution >= 4 is 73.1 Å². The molecule has 89 heavy (non-hydrogen) atoms. The van der Waals surface area contributed by atoms with Gasteiger partial charge in [-0.25, -0.2) is 15.0 Å². The van der Waals surface area contributed by atoms with Gasteiger partial charge in [0.1, 0.15) is 17.5 Å². The Morgan fingerprint density at radius 3 is 0.921 bits per heavy atom. The summed E-state index contributed by atoms with van der Waals surface area (Å²) in [4.78, 5) is 23.1. The monoisotopic (exact) mass is 1150 g/mol. The quantitative estimate of drug-likeness (QED) is 0.106. The van der Waals surface area contributed by atoms with Gasteiger partial charge in [-0.05, 0) is 186 Å². The first kappa shape index (κ1) is 52.9. The summed E-state index contributed by atoms with van der Waals surface area (Å²) in [6.07, 6.45) is 5.77. The van der Waals surface area contributed by atoms with E-state index in [1.165, 1.54) is 89.0 Å². The number of fused-ring (bicyclic) bond motifs is 14. The standard InChI is InChI=1S/C83H66N6/c1-80(2)67-27-13-9-23-55(67)59-38-34-52(46-71(59)80)87(75-31-17-20-42-84-75)51-37-41-62-64(45-51)79(89(77-33-19-22-44-86-77)54-36-40-61-57-25-11-15-29-69(57)82(5,6)73(61)48-54)65-49-63-58-26-12-16-30-70(58)83(7,8)74(63)50-66(65)78(62)88(76-32-18-21-43-85-76)53-35-39-60-56-24-10-14-28-68(56)81(3,4)72(60)47-53/h9-50H,1-8H3. The predicted molar refractivity (Wildman–Crippen MR) is 369 cm³/mol. The Morgan fingerprint density at radius 2 is 0.517 bits per heavy atom. The number of anilines is 9. The van der Waals surface area contributed by atoms with E-state index in [0.29, 0.717) is 0 Å². The van der Waals surface area contributed by atoms with Gasteiger partial charge in [0.15, 0.2) is 0 Å². The zero-order chi connectivity index (χ0) is 60.3. The van der Waals surface area contributed by atoms with Crippen molar-refractivity contribution in [2.75, 3.05) is 14.7 Å². The summed E-state index contributed by atoms with van der Waals surface area (Å²) < 4.78 is 0. The normalized spacial score (nSPS) is 15.1. The van der Waals surface area contributed by atoms with Crippen LogP contribution in [-0.2, 0) is 21.7 Å². The minimum Gasteiger partial charge on any atom is -0.295 e. The molecule has 0 bridgehead atoms. The van der Waals surface area contributed by atoms with E-state index < -0.39 is 0 Å². The largest absolute Gasteiger partial charge is 0.295 e. The number of nitrogens with zero attached hydrogens (tertiary/aromatic N) is 6. The van der Waals surface area contributed by atoms with Gasteiger partial charge in [-0.1, -0.05) is 195 Å². The molecule has 0 fully saturated rings. The van der Waals surface area contributed by atoms with Crippen molar-refractivity contribution in [3.63, 3.8) is 0 Å². The number of hydrogen-bond donors (Lipinski definition) is 0. The van der Waals surface area contributed by atoms with Gasteiger partial charge < -0.3 is 0 Å². The van der Waals surface area contributed by atoms with Crippen LogP contribution in [0.25, 0.3) is 66.1 Å². The molecule has 0 radical (unpaired) electrons. The lowest BCUT2D eigenvalue weighted by atomic mass is 9.81. The van der Waals surface area contributed by atoms with E-state index in [0.717, 1.165) is 73.1 Å². The summed E-state index contributed by atoms with van der Waals surface area (Å²) in [5, 5.41) is 4.28. The van der Waals surface area contributed by atoms with Crippen molar-refractivity contribution in [1.29, 1.82) is 0 Å². The van der Waals surface area contributed by atoms with Gasteiger partial charge in [0, 0.05) is 84.5 Å². The number of aromatic nitrogens is 3. The Hall–Kier alpha value is -10.4. The highest BCUT2D eigenvalue weighted by molar-refractivity contribution is 6.25. The predicted octanol–water partition coefficient (Wildman–Crippen LogP) is 21.8. The Morgan fingerprint density at radius 1 is 0.225 bits per heavy atom. The van der Waals surface area contributed by atoms with Gasteiger partial charge in [-0.3, -0.25) is 14.7 Å². The highest BCUT2D eigenvalue weighted by Crippen LogP contribution is 2.60. The molecule has 0 N–H and O–H groups in total. The van der Waals surface area contributed by atoms with Crippen molar-refractivity contribution < 1.29 is 0 Å². The molecular weight excluding hydrogens is 1080 g/mol. The highest BCUT2D eigenvalue weighted by Gasteiger charge is 2.42. The van der Waals surface area contributed by atoms with Gasteiger partial charge in [-0.2, -0.15) is 0 Å². The average Bonchev–Trinajstić information content (AvgIpc) is 1.71. The van der Waals surface area contributed by atoms with Crippen molar-refractivity contribution in [1.82, 2.24) is 15.0 Å². The van der Waals surface area contributed by atoms with Crippen molar-refractivity contribution in [2.45, 2.75) is 77.0 Å². The van der Waals surface area contributed by atoms with Crippen LogP contribution in [-0.4, -0.2) is 15.0 Å². The van der Waals surface area contributed by atoms with Crippen LogP contribution in [0.5, 0.6) is 0 Å². The zero-order valence-corrected chi connectivity index (χ0v) is 51.4. The number of benzene rings is 10. The van der Waals surface area contributed by atoms with E-state index >= 15 is 0 Å². The van der Waals surface area contributed by atoms with E-state index in [4.69, 9.17) is 15.0 Å². The lowest BCUT2D eigenvalue weighted by molar-refractivity contribution is 0.660. The number of pyridine rings is 3. The number of rotatable bonds is 9. The maximum atomic E-state index is 5.36. The lowest BCUT2D eigenvalue weighted by Gasteiger charge is -2.34. The molecule has 0 atom stereocenters. The molecule has 13 aromatic rings. The van der Waals surface area contributed by atoms with Crippen LogP contribution < -0.4 is 14.7 Å². The van der Waals surface area contributed by atoms with Crippen LogP contribution >= 0.6 is 0 Å². The smallest absolute Gasteiger partial charge is 0.137 e. The molecule has 428 valence electrons. The summed E-state index contributed by atoms with van der Waals surface area (Å²) in [5.74, 6) is 2.45. The molecule has 6 nitrogen and oxygen atoms in total. The molecule has 0 amide bonds. The van der Waals surface area contributed by atoms with Crippen molar-refractivity contribution in [2.24, 2.45) is 0 Å². The van der Waals surface area contributed by atoms with Crippen molar-refractivity contribution in [3.8, 4) is 44.5 Å². The summed E-state index contributed by atoms with van der Waals surface area (Å²) >= 11 is 0. The molecule has 4 aliphatic carbocycles. The van der Waals surface area contributed by atoms with Crippen molar-refractivity contribution in [3.05, 3.63) is 300 Å². The van der Waals surface area contributed by atoms with E-state index in [9.17, 15) is 0 Å². The SMILES string of the molecule is CC1(C)c2ccccc2-c2ccc(N(c3ccc4c(N(c5ccc6c(c5)C(C)(C)c5ccccc5-6)c5ccccn5)c5cc6c(cc5c(N(c5ccc7c(c5)C(C)(C)c5ccccc5-7)c5ccccn5)c4c3)-c3ccccc3C6(C)C)c3ccccn3)cc21. The summed E-state index contributed by atoms with van der Waals surface area (Å²) in [5.41, 5.74) is 25.7. The molecule has 3 aromatic heterocycles. The highest BCUT2D eigenvalue weighted by atomic mass is 15.2. The first-order chi connectivity index (χ1) is 43.2. The maximum absolute atomic E-state index is 5.36. The second-order valence-electron chi connectivity index (χ2n) is 26.8. The molecule has 17 rings (SSSR count). The molecule has 0 saturated heterocycles. The average molecular weight is 1150 g/mol. The first-order valence-corrected chi connectivity index (χ1v) is 31.2. The van der Waals surface area contributed by atoms with Gasteiger partial charge in [0.2, 0.25) is 0 Å². The summed E-state index contributed by atoms with van der Waals surface area (Å²) in [7, 11) is 0. The minimum absolute atomic E-state index is 0.227. The Balaban J connectivity index is 1.02.